The van der Waals surface area contributed by atoms with Gasteiger partial charge in [-0.25, -0.2) is 0 Å². The number of nitrogens with two attached hydrogens (primary N) is 1. The van der Waals surface area contributed by atoms with Crippen LogP contribution >= 0.6 is 0 Å². The Kier molecular flexibility index (Phi) is 3.02. The lowest BCUT2D eigenvalue weighted by Gasteiger charge is -2.37. The smallest absolute Gasteiger partial charge is 0.143 e. The summed E-state index contributed by atoms with van der Waals surface area (Å²) in [6.45, 7) is 3.39. The maximum Gasteiger partial charge on any atom is 0.143 e. The van der Waals surface area contributed by atoms with Crippen LogP contribution in [0.5, 0.6) is 0 Å². The average molecular weight is 234 g/mol. The summed E-state index contributed by atoms with van der Waals surface area (Å²) in [6.07, 6.45) is 3.08. The van der Waals surface area contributed by atoms with E-state index in [9.17, 15) is 5.11 Å². The molecule has 0 unspecified atom stereocenters. The van der Waals surface area contributed by atoms with Gasteiger partial charge in [0.05, 0.1) is 11.3 Å². The van der Waals surface area contributed by atoms with E-state index < -0.39 is 5.60 Å². The molecule has 92 valence electrons. The van der Waals surface area contributed by atoms with E-state index in [1.807, 2.05) is 19.1 Å². The maximum absolute atomic E-state index is 9.91. The Bertz CT molecular complexity index is 420. The molecule has 1 aliphatic rings. The summed E-state index contributed by atoms with van der Waals surface area (Å²) >= 11 is 0. The van der Waals surface area contributed by atoms with Crippen LogP contribution in [0.1, 0.15) is 25.5 Å². The van der Waals surface area contributed by atoms with Crippen molar-refractivity contribution < 1.29 is 5.11 Å². The number of hydrogen-bond donors (Lipinski definition) is 3. The summed E-state index contributed by atoms with van der Waals surface area (Å²) in [4.78, 5) is 6.26. The number of nitrogens with zero attached hydrogens (tertiary/aromatic N) is 2. The second kappa shape index (κ2) is 4.33. The Labute approximate surface area is 101 Å². The zero-order valence-electron chi connectivity index (χ0n) is 9.98. The monoisotopic (exact) mass is 234 g/mol. The Morgan fingerprint density at radius 2 is 2.18 bits per heavy atom. The number of pyridine rings is 1. The first-order valence-corrected chi connectivity index (χ1v) is 5.76. The normalized spacial score (nSPS) is 19.1. The molecule has 5 nitrogen and oxygen atoms in total. The summed E-state index contributed by atoms with van der Waals surface area (Å²) in [5, 5.41) is 17.4. The van der Waals surface area contributed by atoms with Crippen LogP contribution in [0.2, 0.25) is 0 Å². The van der Waals surface area contributed by atoms with Gasteiger partial charge < -0.3 is 15.7 Å². The second-order valence-corrected chi connectivity index (χ2v) is 4.77. The molecule has 0 amide bonds. The summed E-state index contributed by atoms with van der Waals surface area (Å²) in [5.74, 6) is -0.0158. The van der Waals surface area contributed by atoms with E-state index in [1.54, 1.807) is 6.20 Å². The quantitative estimate of drug-likeness (QED) is 0.520. The van der Waals surface area contributed by atoms with Crippen molar-refractivity contribution in [3.8, 4) is 0 Å². The van der Waals surface area contributed by atoms with Gasteiger partial charge in [-0.05, 0) is 31.9 Å². The molecule has 17 heavy (non-hydrogen) atoms. The molecule has 0 spiro atoms. The van der Waals surface area contributed by atoms with Crippen molar-refractivity contribution in [3.05, 3.63) is 24.0 Å². The number of anilines is 1. The highest BCUT2D eigenvalue weighted by Crippen LogP contribution is 2.27. The van der Waals surface area contributed by atoms with Crippen LogP contribution < -0.4 is 10.6 Å². The van der Waals surface area contributed by atoms with Crippen LogP contribution in [0, 0.1) is 5.41 Å². The van der Waals surface area contributed by atoms with Crippen molar-refractivity contribution in [2.45, 2.75) is 25.4 Å². The van der Waals surface area contributed by atoms with Crippen LogP contribution in [0.25, 0.3) is 0 Å². The first kappa shape index (κ1) is 11.9. The van der Waals surface area contributed by atoms with Crippen molar-refractivity contribution >= 4 is 11.5 Å². The van der Waals surface area contributed by atoms with Crippen LogP contribution in [0.3, 0.4) is 0 Å². The van der Waals surface area contributed by atoms with E-state index in [1.165, 1.54) is 0 Å². The molecule has 0 atom stereocenters. The van der Waals surface area contributed by atoms with Crippen molar-refractivity contribution in [1.82, 2.24) is 4.98 Å². The first-order valence-electron chi connectivity index (χ1n) is 5.76. The van der Waals surface area contributed by atoms with Gasteiger partial charge in [0.1, 0.15) is 11.5 Å². The average Bonchev–Trinajstić information content (AvgIpc) is 2.29. The highest BCUT2D eigenvalue weighted by molar-refractivity contribution is 5.98. The molecule has 4 N–H and O–H groups in total. The topological polar surface area (TPSA) is 86.2 Å². The number of nitrogen functional groups attached to an aromatic ring is 1. The number of rotatable bonds is 2. The van der Waals surface area contributed by atoms with Crippen LogP contribution in [0.4, 0.5) is 5.69 Å². The second-order valence-electron chi connectivity index (χ2n) is 4.77. The fourth-order valence-corrected chi connectivity index (χ4v) is 2.09. The molecule has 5 heteroatoms. The highest BCUT2D eigenvalue weighted by Gasteiger charge is 2.28. The fraction of sp³-hybridized carbons (Fsp3) is 0.500. The maximum atomic E-state index is 9.91. The number of aromatic nitrogens is 1. The van der Waals surface area contributed by atoms with Gasteiger partial charge in [-0.1, -0.05) is 0 Å². The number of nitrogens with one attached hydrogen (secondary N) is 1. The lowest BCUT2D eigenvalue weighted by molar-refractivity contribution is 0.0351. The molecular formula is C12H18N4O. The summed E-state index contributed by atoms with van der Waals surface area (Å²) in [6, 6.07) is 3.76. The predicted molar refractivity (Wildman–Crippen MR) is 67.3 cm³/mol. The lowest BCUT2D eigenvalue weighted by Crippen LogP contribution is -2.43. The molecule has 0 aromatic carbocycles. The van der Waals surface area contributed by atoms with Gasteiger partial charge >= 0.3 is 0 Å². The van der Waals surface area contributed by atoms with E-state index in [2.05, 4.69) is 9.88 Å². The minimum atomic E-state index is -0.574. The fourth-order valence-electron chi connectivity index (χ4n) is 2.09. The van der Waals surface area contributed by atoms with Crippen LogP contribution in [0.15, 0.2) is 18.3 Å². The highest BCUT2D eigenvalue weighted by atomic mass is 16.3. The first-order chi connectivity index (χ1) is 7.99. The van der Waals surface area contributed by atoms with E-state index in [4.69, 9.17) is 11.1 Å². The Hall–Kier alpha value is -1.62. The molecule has 1 aromatic heterocycles. The van der Waals surface area contributed by atoms with Crippen molar-refractivity contribution in [2.24, 2.45) is 5.73 Å². The number of hydrogen-bond acceptors (Lipinski definition) is 4. The molecule has 0 saturated carbocycles. The van der Waals surface area contributed by atoms with Gasteiger partial charge in [-0.15, -0.1) is 0 Å². The summed E-state index contributed by atoms with van der Waals surface area (Å²) in [7, 11) is 0. The molecule has 2 heterocycles. The van der Waals surface area contributed by atoms with Gasteiger partial charge in [-0.3, -0.25) is 10.4 Å². The van der Waals surface area contributed by atoms with Gasteiger partial charge in [-0.2, -0.15) is 0 Å². The predicted octanol–water partition coefficient (Wildman–Crippen LogP) is 0.717. The van der Waals surface area contributed by atoms with E-state index in [0.29, 0.717) is 5.69 Å². The largest absolute Gasteiger partial charge is 0.390 e. The Morgan fingerprint density at radius 1 is 1.53 bits per heavy atom. The molecular weight excluding hydrogens is 216 g/mol. The Morgan fingerprint density at radius 3 is 2.76 bits per heavy atom. The van der Waals surface area contributed by atoms with Crippen LogP contribution in [-0.2, 0) is 0 Å². The molecule has 1 aliphatic heterocycles. The summed E-state index contributed by atoms with van der Waals surface area (Å²) in [5.41, 5.74) is 6.35. The third-order valence-electron chi connectivity index (χ3n) is 3.22. The third kappa shape index (κ3) is 2.55. The van der Waals surface area contributed by atoms with Gasteiger partial charge in [0.15, 0.2) is 0 Å². The minimum Gasteiger partial charge on any atom is -0.390 e. The molecule has 1 fully saturated rings. The number of aliphatic hydroxyl groups is 1. The Balaban J connectivity index is 2.21. The van der Waals surface area contributed by atoms with Crippen LogP contribution in [-0.4, -0.2) is 34.6 Å². The van der Waals surface area contributed by atoms with E-state index in [-0.39, 0.29) is 5.84 Å². The zero-order chi connectivity index (χ0) is 12.5. The van der Waals surface area contributed by atoms with Crippen molar-refractivity contribution in [2.75, 3.05) is 18.0 Å². The van der Waals surface area contributed by atoms with Crippen molar-refractivity contribution in [3.63, 3.8) is 0 Å². The summed E-state index contributed by atoms with van der Waals surface area (Å²) < 4.78 is 0. The molecule has 1 saturated heterocycles. The molecule has 0 radical (unpaired) electrons. The molecule has 0 bridgehead atoms. The standard InChI is InChI=1S/C12H18N4O/c1-12(17)4-7-16(8-5-12)9-3-2-6-15-10(9)11(13)14/h2-3,6,17H,4-5,7-8H2,1H3,(H3,13,14). The lowest BCUT2D eigenvalue weighted by atomic mass is 9.93. The van der Waals surface area contributed by atoms with Gasteiger partial charge in [0, 0.05) is 19.3 Å². The molecule has 2 rings (SSSR count). The minimum absolute atomic E-state index is 0.0158. The molecule has 0 aliphatic carbocycles. The SMILES string of the molecule is CC1(O)CCN(c2cccnc2C(=N)N)CC1. The zero-order valence-corrected chi connectivity index (χ0v) is 9.98. The van der Waals surface area contributed by atoms with E-state index in [0.717, 1.165) is 31.6 Å². The van der Waals surface area contributed by atoms with Gasteiger partial charge in [0.2, 0.25) is 0 Å². The van der Waals surface area contributed by atoms with E-state index >= 15 is 0 Å². The van der Waals surface area contributed by atoms with Gasteiger partial charge in [0.25, 0.3) is 0 Å². The number of amidine groups is 1. The third-order valence-corrected chi connectivity index (χ3v) is 3.22. The molecule has 1 aromatic rings. The number of piperidine rings is 1. The van der Waals surface area contributed by atoms with Crippen molar-refractivity contribution in [1.29, 1.82) is 5.41 Å².